The summed E-state index contributed by atoms with van der Waals surface area (Å²) in [5.41, 5.74) is 0.666. The molecule has 0 saturated carbocycles. The highest BCUT2D eigenvalue weighted by atomic mass is 19.1. The van der Waals surface area contributed by atoms with Gasteiger partial charge in [-0.2, -0.15) is 0 Å². The van der Waals surface area contributed by atoms with E-state index in [0.717, 1.165) is 5.39 Å². The van der Waals surface area contributed by atoms with Gasteiger partial charge >= 0.3 is 0 Å². The van der Waals surface area contributed by atoms with Crippen molar-refractivity contribution in [2.75, 3.05) is 13.7 Å². The molecule has 0 radical (unpaired) electrons. The molecular weight excluding hydrogens is 204 g/mol. The summed E-state index contributed by atoms with van der Waals surface area (Å²) in [5.74, 6) is 0.622. The van der Waals surface area contributed by atoms with Gasteiger partial charge in [0.2, 0.25) is 13.7 Å². The third-order valence-electron chi connectivity index (χ3n) is 2.03. The average Bonchev–Trinajstić information content (AvgIpc) is 2.67. The van der Waals surface area contributed by atoms with Crippen molar-refractivity contribution in [1.82, 2.24) is 4.98 Å². The number of ether oxygens (including phenoxy) is 2. The maximum Gasteiger partial charge on any atom is 0.228 e. The van der Waals surface area contributed by atoms with Crippen LogP contribution in [0.5, 0.6) is 11.5 Å². The van der Waals surface area contributed by atoms with E-state index in [-0.39, 0.29) is 0 Å². The van der Waals surface area contributed by atoms with Gasteiger partial charge in [0.05, 0.1) is 5.52 Å². The molecule has 2 rings (SSSR count). The Morgan fingerprint density at radius 2 is 1.93 bits per heavy atom. The van der Waals surface area contributed by atoms with Crippen LogP contribution in [-0.4, -0.2) is 18.7 Å². The lowest BCUT2D eigenvalue weighted by atomic mass is 10.2. The van der Waals surface area contributed by atoms with Crippen LogP contribution in [0.15, 0.2) is 24.4 Å². The largest absolute Gasteiger partial charge is 0.463 e. The highest BCUT2D eigenvalue weighted by molar-refractivity contribution is 5.86. The van der Waals surface area contributed by atoms with Crippen LogP contribution in [0, 0.1) is 0 Å². The molecule has 0 amide bonds. The van der Waals surface area contributed by atoms with Crippen molar-refractivity contribution >= 4 is 10.9 Å². The zero-order valence-corrected chi connectivity index (χ0v) is 7.80. The zero-order chi connectivity index (χ0) is 10.7. The lowest BCUT2D eigenvalue weighted by Gasteiger charge is -2.06. The molecule has 2 aromatic rings. The Hall–Kier alpha value is -1.78. The first-order chi connectivity index (χ1) is 7.35. The summed E-state index contributed by atoms with van der Waals surface area (Å²) in [6, 6.07) is 4.86. The Balaban J connectivity index is 2.48. The predicted molar refractivity (Wildman–Crippen MR) is 51.5 cm³/mol. The average molecular weight is 213 g/mol. The first-order valence-corrected chi connectivity index (χ1v) is 4.34. The number of aromatic amines is 1. The Morgan fingerprint density at radius 3 is 2.67 bits per heavy atom. The van der Waals surface area contributed by atoms with E-state index in [1.54, 1.807) is 18.3 Å². The van der Waals surface area contributed by atoms with Gasteiger partial charge in [0.1, 0.15) is 5.75 Å². The minimum Gasteiger partial charge on any atom is -0.463 e. The van der Waals surface area contributed by atoms with Crippen LogP contribution in [0.2, 0.25) is 0 Å². The topological polar surface area (TPSA) is 34.2 Å². The normalized spacial score (nSPS) is 10.5. The summed E-state index contributed by atoms with van der Waals surface area (Å²) >= 11 is 0. The minimum absolute atomic E-state index is 0.309. The molecule has 0 spiro atoms. The molecule has 0 fully saturated rings. The molecule has 5 heteroatoms. The summed E-state index contributed by atoms with van der Waals surface area (Å²) in [6.45, 7) is -1.86. The number of halogens is 2. The zero-order valence-electron chi connectivity index (χ0n) is 7.80. The van der Waals surface area contributed by atoms with E-state index in [2.05, 4.69) is 9.72 Å². The number of nitrogens with one attached hydrogen (secondary N) is 1. The molecule has 1 N–H and O–H groups in total. The number of H-pyrrole nitrogens is 1. The molecule has 0 saturated heterocycles. The van der Waals surface area contributed by atoms with Crippen LogP contribution in [0.3, 0.4) is 0 Å². The smallest absolute Gasteiger partial charge is 0.228 e. The van der Waals surface area contributed by atoms with Crippen molar-refractivity contribution in [2.45, 2.75) is 0 Å². The number of alkyl halides is 2. The van der Waals surface area contributed by atoms with Gasteiger partial charge in [0.15, 0.2) is 5.75 Å². The molecule has 1 aromatic heterocycles. The molecule has 1 heterocycles. The van der Waals surface area contributed by atoms with Crippen LogP contribution in [0.4, 0.5) is 8.78 Å². The van der Waals surface area contributed by atoms with Crippen LogP contribution in [-0.2, 0) is 0 Å². The first kappa shape index (κ1) is 9.76. The van der Waals surface area contributed by atoms with E-state index >= 15 is 0 Å². The third kappa shape index (κ3) is 1.86. The summed E-state index contributed by atoms with van der Waals surface area (Å²) in [6.07, 6.45) is 1.69. The second kappa shape index (κ2) is 4.16. The summed E-state index contributed by atoms with van der Waals surface area (Å²) in [5, 5.41) is 0.782. The Morgan fingerprint density at radius 1 is 1.13 bits per heavy atom. The number of hydrogen-bond donors (Lipinski definition) is 1. The first-order valence-electron chi connectivity index (χ1n) is 4.34. The maximum atomic E-state index is 12.1. The minimum atomic E-state index is -0.937. The molecule has 0 aliphatic rings. The second-order valence-corrected chi connectivity index (χ2v) is 2.87. The summed E-state index contributed by atoms with van der Waals surface area (Å²) in [7, 11) is 0. The Kier molecular flexibility index (Phi) is 2.71. The predicted octanol–water partition coefficient (Wildman–Crippen LogP) is 2.78. The lowest BCUT2D eigenvalue weighted by Crippen LogP contribution is -1.94. The monoisotopic (exact) mass is 213 g/mol. The number of rotatable bonds is 4. The summed E-state index contributed by atoms with van der Waals surface area (Å²) < 4.78 is 33.5. The molecule has 80 valence electrons. The van der Waals surface area contributed by atoms with Gasteiger partial charge in [0.25, 0.3) is 0 Å². The van der Waals surface area contributed by atoms with Crippen LogP contribution >= 0.6 is 0 Å². The molecular formula is C10H9F2NO2. The van der Waals surface area contributed by atoms with E-state index in [1.165, 1.54) is 6.07 Å². The fourth-order valence-corrected chi connectivity index (χ4v) is 1.43. The van der Waals surface area contributed by atoms with E-state index in [1.807, 2.05) is 0 Å². The van der Waals surface area contributed by atoms with E-state index in [4.69, 9.17) is 4.74 Å². The summed E-state index contributed by atoms with van der Waals surface area (Å²) in [4.78, 5) is 2.90. The fourth-order valence-electron chi connectivity index (χ4n) is 1.43. The number of benzene rings is 1. The second-order valence-electron chi connectivity index (χ2n) is 2.87. The van der Waals surface area contributed by atoms with Gasteiger partial charge in [-0.25, -0.2) is 8.78 Å². The van der Waals surface area contributed by atoms with Gasteiger partial charge in [-0.3, -0.25) is 0 Å². The van der Waals surface area contributed by atoms with Crippen molar-refractivity contribution in [2.24, 2.45) is 0 Å². The number of aromatic nitrogens is 1. The highest BCUT2D eigenvalue weighted by Crippen LogP contribution is 2.30. The standard InChI is InChI=1S/C10H9F2NO2/c11-5-14-8-3-7-1-2-13-10(7)9(4-8)15-6-12/h1-4,13H,5-6H2. The number of fused-ring (bicyclic) bond motifs is 1. The Labute approximate surface area is 84.6 Å². The van der Waals surface area contributed by atoms with Crippen LogP contribution < -0.4 is 9.47 Å². The van der Waals surface area contributed by atoms with Crippen molar-refractivity contribution in [3.8, 4) is 11.5 Å². The van der Waals surface area contributed by atoms with Crippen molar-refractivity contribution in [1.29, 1.82) is 0 Å². The van der Waals surface area contributed by atoms with Gasteiger partial charge in [-0.15, -0.1) is 0 Å². The van der Waals surface area contributed by atoms with Crippen molar-refractivity contribution in [3.63, 3.8) is 0 Å². The van der Waals surface area contributed by atoms with E-state index < -0.39 is 13.7 Å². The van der Waals surface area contributed by atoms with Gasteiger partial charge < -0.3 is 14.5 Å². The van der Waals surface area contributed by atoms with Gasteiger partial charge in [-0.1, -0.05) is 0 Å². The quantitative estimate of drug-likeness (QED) is 0.847. The van der Waals surface area contributed by atoms with E-state index in [9.17, 15) is 8.78 Å². The maximum absolute atomic E-state index is 12.1. The number of hydrogen-bond acceptors (Lipinski definition) is 2. The molecule has 0 aliphatic heterocycles. The molecule has 15 heavy (non-hydrogen) atoms. The van der Waals surface area contributed by atoms with Gasteiger partial charge in [0, 0.05) is 17.6 Å². The fraction of sp³-hybridized carbons (Fsp3) is 0.200. The molecule has 0 bridgehead atoms. The van der Waals surface area contributed by atoms with Crippen molar-refractivity contribution < 1.29 is 18.3 Å². The lowest BCUT2D eigenvalue weighted by molar-refractivity contribution is 0.183. The molecule has 0 aliphatic carbocycles. The molecule has 0 unspecified atom stereocenters. The van der Waals surface area contributed by atoms with Gasteiger partial charge in [-0.05, 0) is 12.1 Å². The molecule has 1 aromatic carbocycles. The Bertz CT molecular complexity index is 456. The molecule has 3 nitrogen and oxygen atoms in total. The SMILES string of the molecule is FCOc1cc(OCF)c2[nH]ccc2c1. The third-order valence-corrected chi connectivity index (χ3v) is 2.03. The van der Waals surface area contributed by atoms with Crippen LogP contribution in [0.1, 0.15) is 0 Å². The highest BCUT2D eigenvalue weighted by Gasteiger charge is 2.07. The van der Waals surface area contributed by atoms with Crippen LogP contribution in [0.25, 0.3) is 10.9 Å². The van der Waals surface area contributed by atoms with Crippen molar-refractivity contribution in [3.05, 3.63) is 24.4 Å². The molecule has 0 atom stereocenters. The van der Waals surface area contributed by atoms with E-state index in [0.29, 0.717) is 17.0 Å².